The number of ether oxygens (including phenoxy) is 1. The van der Waals surface area contributed by atoms with E-state index in [-0.39, 0.29) is 0 Å². The van der Waals surface area contributed by atoms with E-state index < -0.39 is 0 Å². The van der Waals surface area contributed by atoms with Crippen molar-refractivity contribution in [3.05, 3.63) is 0 Å². The minimum absolute atomic E-state index is 0.564. The highest BCUT2D eigenvalue weighted by Crippen LogP contribution is 2.43. The third kappa shape index (κ3) is 0.944. The van der Waals surface area contributed by atoms with Gasteiger partial charge in [0.05, 0.1) is 12.2 Å². The van der Waals surface area contributed by atoms with E-state index in [2.05, 4.69) is 5.32 Å². The highest BCUT2D eigenvalue weighted by Gasteiger charge is 2.46. The van der Waals surface area contributed by atoms with Gasteiger partial charge in [-0.25, -0.2) is 0 Å². The van der Waals surface area contributed by atoms with E-state index in [9.17, 15) is 0 Å². The second-order valence-electron chi connectivity index (χ2n) is 4.48. The average molecular weight is 167 g/mol. The summed E-state index contributed by atoms with van der Waals surface area (Å²) in [6.07, 6.45) is 6.85. The topological polar surface area (TPSA) is 21.3 Å². The lowest BCUT2D eigenvalue weighted by atomic mass is 9.77. The van der Waals surface area contributed by atoms with Crippen LogP contribution in [0.25, 0.3) is 0 Å². The summed E-state index contributed by atoms with van der Waals surface area (Å²) < 4.78 is 5.98. The Bertz CT molecular complexity index is 165. The van der Waals surface area contributed by atoms with Crippen LogP contribution in [-0.2, 0) is 4.74 Å². The van der Waals surface area contributed by atoms with E-state index >= 15 is 0 Å². The maximum Gasteiger partial charge on any atom is 0.0735 e. The Morgan fingerprint density at radius 2 is 1.50 bits per heavy atom. The van der Waals surface area contributed by atoms with Crippen molar-refractivity contribution in [1.29, 1.82) is 0 Å². The molecule has 4 unspecified atom stereocenters. The van der Waals surface area contributed by atoms with Gasteiger partial charge in [-0.3, -0.25) is 0 Å². The lowest BCUT2D eigenvalue weighted by Gasteiger charge is -2.26. The van der Waals surface area contributed by atoms with E-state index in [0.29, 0.717) is 12.2 Å². The molecule has 0 aromatic heterocycles. The zero-order valence-electron chi connectivity index (χ0n) is 7.46. The van der Waals surface area contributed by atoms with Gasteiger partial charge in [0.15, 0.2) is 0 Å². The van der Waals surface area contributed by atoms with E-state index in [1.165, 1.54) is 25.7 Å². The zero-order chi connectivity index (χ0) is 7.97. The van der Waals surface area contributed by atoms with Crippen molar-refractivity contribution in [2.75, 3.05) is 13.1 Å². The summed E-state index contributed by atoms with van der Waals surface area (Å²) in [5.74, 6) is 1.80. The predicted molar refractivity (Wildman–Crippen MR) is 47.0 cm³/mol. The Balaban J connectivity index is 1.83. The van der Waals surface area contributed by atoms with Crippen molar-refractivity contribution in [3.63, 3.8) is 0 Å². The molecule has 2 nitrogen and oxygen atoms in total. The molecule has 2 saturated heterocycles. The molecule has 2 bridgehead atoms. The van der Waals surface area contributed by atoms with Gasteiger partial charge in [-0.1, -0.05) is 12.8 Å². The average Bonchev–Trinajstić information content (AvgIpc) is 2.41. The zero-order valence-corrected chi connectivity index (χ0v) is 7.46. The predicted octanol–water partition coefficient (Wildman–Crippen LogP) is 1.16. The molecular formula is C10H17NO. The number of rotatable bonds is 0. The van der Waals surface area contributed by atoms with Gasteiger partial charge in [-0.15, -0.1) is 0 Å². The standard InChI is InChI=1S/C10H17NO/c1-2-4-8-7(3-1)9-5-11-6-10(8)12-9/h7-11H,1-6H2. The second kappa shape index (κ2) is 2.71. The third-order valence-electron chi connectivity index (χ3n) is 3.87. The Kier molecular flexibility index (Phi) is 1.66. The summed E-state index contributed by atoms with van der Waals surface area (Å²) in [4.78, 5) is 0. The molecular weight excluding hydrogens is 150 g/mol. The number of morpholine rings is 1. The molecule has 0 aromatic rings. The van der Waals surface area contributed by atoms with Gasteiger partial charge in [-0.2, -0.15) is 0 Å². The number of fused-ring (bicyclic) bond motifs is 5. The molecule has 1 saturated carbocycles. The van der Waals surface area contributed by atoms with Gasteiger partial charge in [0.1, 0.15) is 0 Å². The first-order valence-electron chi connectivity index (χ1n) is 5.31. The molecule has 3 rings (SSSR count). The molecule has 0 radical (unpaired) electrons. The highest BCUT2D eigenvalue weighted by molar-refractivity contribution is 4.97. The van der Waals surface area contributed by atoms with Crippen LogP contribution in [0.2, 0.25) is 0 Å². The minimum Gasteiger partial charge on any atom is -0.372 e. The van der Waals surface area contributed by atoms with Crippen molar-refractivity contribution >= 4 is 0 Å². The molecule has 0 amide bonds. The SMILES string of the molecule is C1CCC2C3CNCC(O3)C2C1. The van der Waals surface area contributed by atoms with Crippen LogP contribution in [0.3, 0.4) is 0 Å². The van der Waals surface area contributed by atoms with Crippen LogP contribution in [0.4, 0.5) is 0 Å². The molecule has 12 heavy (non-hydrogen) atoms. The Labute approximate surface area is 73.7 Å². The fourth-order valence-corrected chi connectivity index (χ4v) is 3.30. The summed E-state index contributed by atoms with van der Waals surface area (Å²) in [6, 6.07) is 0. The third-order valence-corrected chi connectivity index (χ3v) is 3.87. The fraction of sp³-hybridized carbons (Fsp3) is 1.00. The molecule has 3 fully saturated rings. The van der Waals surface area contributed by atoms with E-state index in [0.717, 1.165) is 24.9 Å². The van der Waals surface area contributed by atoms with Crippen molar-refractivity contribution in [2.45, 2.75) is 37.9 Å². The summed E-state index contributed by atoms with van der Waals surface area (Å²) in [7, 11) is 0. The summed E-state index contributed by atoms with van der Waals surface area (Å²) >= 11 is 0. The molecule has 0 spiro atoms. The van der Waals surface area contributed by atoms with Crippen molar-refractivity contribution < 1.29 is 4.74 Å². The summed E-state index contributed by atoms with van der Waals surface area (Å²) in [5, 5.41) is 3.48. The molecule has 2 heteroatoms. The van der Waals surface area contributed by atoms with Crippen LogP contribution in [0.5, 0.6) is 0 Å². The number of hydrogen-bond donors (Lipinski definition) is 1. The largest absolute Gasteiger partial charge is 0.372 e. The van der Waals surface area contributed by atoms with Crippen LogP contribution >= 0.6 is 0 Å². The van der Waals surface area contributed by atoms with Gasteiger partial charge >= 0.3 is 0 Å². The molecule has 68 valence electrons. The van der Waals surface area contributed by atoms with Crippen LogP contribution in [0.15, 0.2) is 0 Å². The lowest BCUT2D eigenvalue weighted by molar-refractivity contribution is 0.00300. The first kappa shape index (κ1) is 7.34. The summed E-state index contributed by atoms with van der Waals surface area (Å²) in [6.45, 7) is 2.22. The molecule has 2 heterocycles. The molecule has 2 aliphatic heterocycles. The molecule has 4 atom stereocenters. The smallest absolute Gasteiger partial charge is 0.0735 e. The first-order valence-corrected chi connectivity index (χ1v) is 5.31. The normalized spacial score (nSPS) is 52.0. The van der Waals surface area contributed by atoms with Crippen molar-refractivity contribution in [2.24, 2.45) is 11.8 Å². The van der Waals surface area contributed by atoms with Gasteiger partial charge in [0, 0.05) is 13.1 Å². The highest BCUT2D eigenvalue weighted by atomic mass is 16.5. The lowest BCUT2D eigenvalue weighted by Crippen LogP contribution is -2.40. The first-order chi connectivity index (χ1) is 5.95. The molecule has 0 aromatic carbocycles. The van der Waals surface area contributed by atoms with Crippen molar-refractivity contribution in [1.82, 2.24) is 5.32 Å². The Morgan fingerprint density at radius 3 is 2.08 bits per heavy atom. The maximum absolute atomic E-state index is 5.98. The van der Waals surface area contributed by atoms with Gasteiger partial charge < -0.3 is 10.1 Å². The Hall–Kier alpha value is -0.0800. The quantitative estimate of drug-likeness (QED) is 0.584. The van der Waals surface area contributed by atoms with E-state index in [1.54, 1.807) is 0 Å². The maximum atomic E-state index is 5.98. The van der Waals surface area contributed by atoms with Gasteiger partial charge in [0.25, 0.3) is 0 Å². The van der Waals surface area contributed by atoms with Gasteiger partial charge in [-0.05, 0) is 24.7 Å². The second-order valence-corrected chi connectivity index (χ2v) is 4.48. The van der Waals surface area contributed by atoms with E-state index in [4.69, 9.17) is 4.74 Å². The van der Waals surface area contributed by atoms with E-state index in [1.807, 2.05) is 0 Å². The summed E-state index contributed by atoms with van der Waals surface area (Å²) in [5.41, 5.74) is 0. The number of nitrogens with one attached hydrogen (secondary N) is 1. The van der Waals surface area contributed by atoms with Crippen molar-refractivity contribution in [3.8, 4) is 0 Å². The fourth-order valence-electron chi connectivity index (χ4n) is 3.30. The molecule has 1 aliphatic carbocycles. The van der Waals surface area contributed by atoms with Gasteiger partial charge in [0.2, 0.25) is 0 Å². The minimum atomic E-state index is 0.564. The van der Waals surface area contributed by atoms with Crippen LogP contribution in [-0.4, -0.2) is 25.3 Å². The van der Waals surface area contributed by atoms with Crippen LogP contribution in [0, 0.1) is 11.8 Å². The molecule has 1 N–H and O–H groups in total. The number of hydrogen-bond acceptors (Lipinski definition) is 2. The molecule has 3 aliphatic rings. The Morgan fingerprint density at radius 1 is 0.917 bits per heavy atom. The van der Waals surface area contributed by atoms with Crippen LogP contribution in [0.1, 0.15) is 25.7 Å². The monoisotopic (exact) mass is 167 g/mol. The van der Waals surface area contributed by atoms with Crippen LogP contribution < -0.4 is 5.32 Å².